The first-order chi connectivity index (χ1) is 9.74. The number of carbonyl (C=O) groups is 1. The van der Waals surface area contributed by atoms with Crippen molar-refractivity contribution in [1.29, 1.82) is 0 Å². The fourth-order valence-electron chi connectivity index (χ4n) is 3.00. The van der Waals surface area contributed by atoms with Crippen molar-refractivity contribution in [2.24, 2.45) is 0 Å². The van der Waals surface area contributed by atoms with Crippen molar-refractivity contribution in [3.8, 4) is 0 Å². The van der Waals surface area contributed by atoms with Crippen LogP contribution in [0.25, 0.3) is 0 Å². The van der Waals surface area contributed by atoms with Gasteiger partial charge in [0.2, 0.25) is 5.91 Å². The fourth-order valence-corrected chi connectivity index (χ4v) is 5.26. The van der Waals surface area contributed by atoms with E-state index in [0.29, 0.717) is 12.5 Å². The maximum atomic E-state index is 12.2. The zero-order valence-electron chi connectivity index (χ0n) is 12.4. The molecule has 1 aromatic heterocycles. The van der Waals surface area contributed by atoms with E-state index in [9.17, 15) is 4.79 Å². The summed E-state index contributed by atoms with van der Waals surface area (Å²) in [5.74, 6) is 2.37. The number of carbonyl (C=O) groups excluding carboxylic acids is 1. The van der Waals surface area contributed by atoms with Gasteiger partial charge in [0, 0.05) is 35.4 Å². The Bertz CT molecular complexity index is 498. The summed E-state index contributed by atoms with van der Waals surface area (Å²) in [7, 11) is 0. The lowest BCUT2D eigenvalue weighted by Gasteiger charge is -2.22. The predicted molar refractivity (Wildman–Crippen MR) is 95.3 cm³/mol. The van der Waals surface area contributed by atoms with Crippen molar-refractivity contribution in [3.05, 3.63) is 16.0 Å². The number of amides is 1. The van der Waals surface area contributed by atoms with Crippen LogP contribution in [0.15, 0.2) is 0 Å². The summed E-state index contributed by atoms with van der Waals surface area (Å²) < 4.78 is 0. The third-order valence-corrected chi connectivity index (χ3v) is 6.56. The highest BCUT2D eigenvalue weighted by Crippen LogP contribution is 2.37. The highest BCUT2D eigenvalue weighted by Gasteiger charge is 2.21. The van der Waals surface area contributed by atoms with Crippen molar-refractivity contribution in [3.63, 3.8) is 0 Å². The monoisotopic (exact) mass is 346 g/mol. The maximum absolute atomic E-state index is 12.2. The van der Waals surface area contributed by atoms with Crippen molar-refractivity contribution in [2.75, 3.05) is 23.4 Å². The number of hydrogen-bond donors (Lipinski definition) is 2. The summed E-state index contributed by atoms with van der Waals surface area (Å²) in [4.78, 5) is 13.7. The van der Waals surface area contributed by atoms with E-state index < -0.39 is 0 Å². The van der Waals surface area contributed by atoms with E-state index in [1.807, 2.05) is 11.8 Å². The molecule has 6 heteroatoms. The van der Waals surface area contributed by atoms with Gasteiger partial charge in [-0.1, -0.05) is 0 Å². The van der Waals surface area contributed by atoms with Crippen molar-refractivity contribution < 1.29 is 4.79 Å². The van der Waals surface area contributed by atoms with Gasteiger partial charge < -0.3 is 10.6 Å². The van der Waals surface area contributed by atoms with Crippen molar-refractivity contribution >= 4 is 46.4 Å². The largest absolute Gasteiger partial charge is 0.317 e. The van der Waals surface area contributed by atoms with E-state index in [-0.39, 0.29) is 18.3 Å². The molecule has 1 unspecified atom stereocenters. The number of anilines is 1. The van der Waals surface area contributed by atoms with Gasteiger partial charge in [-0.25, -0.2) is 0 Å². The molecule has 1 aliphatic heterocycles. The van der Waals surface area contributed by atoms with Gasteiger partial charge >= 0.3 is 0 Å². The van der Waals surface area contributed by atoms with Crippen LogP contribution in [0, 0.1) is 6.92 Å². The lowest BCUT2D eigenvalue weighted by atomic mass is 9.96. The van der Waals surface area contributed by atoms with Gasteiger partial charge in [-0.2, -0.15) is 11.8 Å². The van der Waals surface area contributed by atoms with Crippen molar-refractivity contribution in [1.82, 2.24) is 5.32 Å². The van der Waals surface area contributed by atoms with E-state index in [0.717, 1.165) is 23.1 Å². The van der Waals surface area contributed by atoms with E-state index in [1.165, 1.54) is 41.7 Å². The molecule has 1 atom stereocenters. The van der Waals surface area contributed by atoms with Gasteiger partial charge in [0.15, 0.2) is 0 Å². The SMILES string of the molecule is Cc1c(NC(=O)CC2CSCCN2)sc2c1CCCC2.Cl. The van der Waals surface area contributed by atoms with Crippen LogP contribution < -0.4 is 10.6 Å². The lowest BCUT2D eigenvalue weighted by molar-refractivity contribution is -0.116. The number of hydrogen-bond acceptors (Lipinski definition) is 4. The zero-order valence-corrected chi connectivity index (χ0v) is 14.8. The zero-order chi connectivity index (χ0) is 13.9. The molecule has 0 bridgehead atoms. The van der Waals surface area contributed by atoms with Gasteiger partial charge in [0.25, 0.3) is 0 Å². The number of fused-ring (bicyclic) bond motifs is 1. The van der Waals surface area contributed by atoms with Crippen LogP contribution in [0.1, 0.15) is 35.3 Å². The molecule has 1 amide bonds. The van der Waals surface area contributed by atoms with E-state index >= 15 is 0 Å². The average molecular weight is 347 g/mol. The minimum Gasteiger partial charge on any atom is -0.317 e. The Balaban J connectivity index is 0.00000161. The molecule has 0 radical (unpaired) electrons. The minimum absolute atomic E-state index is 0. The molecule has 3 nitrogen and oxygen atoms in total. The Hall–Kier alpha value is -0.230. The number of thiophene rings is 1. The van der Waals surface area contributed by atoms with Crippen molar-refractivity contribution in [2.45, 2.75) is 45.1 Å². The fraction of sp³-hybridized carbons (Fsp3) is 0.667. The highest BCUT2D eigenvalue weighted by atomic mass is 35.5. The van der Waals surface area contributed by atoms with E-state index in [4.69, 9.17) is 0 Å². The number of halogens is 1. The predicted octanol–water partition coefficient (Wildman–Crippen LogP) is 3.39. The van der Waals surface area contributed by atoms with Crippen LogP contribution in [-0.4, -0.2) is 30.0 Å². The number of rotatable bonds is 3. The third kappa shape index (κ3) is 4.15. The first-order valence-electron chi connectivity index (χ1n) is 7.46. The second-order valence-corrected chi connectivity index (χ2v) is 7.90. The Morgan fingerprint density at radius 3 is 2.90 bits per heavy atom. The van der Waals surface area contributed by atoms with Crippen LogP contribution >= 0.6 is 35.5 Å². The van der Waals surface area contributed by atoms with Crippen LogP contribution in [0.3, 0.4) is 0 Å². The van der Waals surface area contributed by atoms with Crippen LogP contribution in [0.5, 0.6) is 0 Å². The Kier molecular flexibility index (Phi) is 6.41. The van der Waals surface area contributed by atoms with Gasteiger partial charge in [-0.15, -0.1) is 23.7 Å². The molecule has 2 N–H and O–H groups in total. The molecular formula is C15H23ClN2OS2. The number of thioether (sulfide) groups is 1. The third-order valence-electron chi connectivity index (χ3n) is 4.12. The molecule has 0 aromatic carbocycles. The molecule has 0 spiro atoms. The summed E-state index contributed by atoms with van der Waals surface area (Å²) in [6, 6.07) is 0.337. The molecule has 2 aliphatic rings. The molecule has 0 saturated carbocycles. The summed E-state index contributed by atoms with van der Waals surface area (Å²) in [5.41, 5.74) is 2.81. The molecule has 21 heavy (non-hydrogen) atoms. The first-order valence-corrected chi connectivity index (χ1v) is 9.43. The van der Waals surface area contributed by atoms with Gasteiger partial charge in [-0.3, -0.25) is 4.79 Å². The molecule has 1 aliphatic carbocycles. The summed E-state index contributed by atoms with van der Waals surface area (Å²) in [6.07, 6.45) is 5.56. The highest BCUT2D eigenvalue weighted by molar-refractivity contribution is 7.99. The molecule has 1 aromatic rings. The van der Waals surface area contributed by atoms with E-state index in [2.05, 4.69) is 17.6 Å². The average Bonchev–Trinajstić information content (AvgIpc) is 2.77. The Labute approximate surface area is 141 Å². The van der Waals surface area contributed by atoms with Crippen LogP contribution in [0.4, 0.5) is 5.00 Å². The second kappa shape index (κ2) is 7.86. The lowest BCUT2D eigenvalue weighted by Crippen LogP contribution is -2.39. The number of nitrogens with one attached hydrogen (secondary N) is 2. The van der Waals surface area contributed by atoms with E-state index in [1.54, 1.807) is 11.3 Å². The summed E-state index contributed by atoms with van der Waals surface area (Å²) in [5, 5.41) is 7.65. The standard InChI is InChI=1S/C15H22N2OS2.ClH/c1-10-12-4-2-3-5-13(12)20-15(10)17-14(18)8-11-9-19-7-6-16-11;/h11,16H,2-9H2,1H3,(H,17,18);1H. The van der Waals surface area contributed by atoms with Crippen LogP contribution in [-0.2, 0) is 17.6 Å². The molecule has 2 heterocycles. The number of aryl methyl sites for hydroxylation is 1. The molecule has 118 valence electrons. The summed E-state index contributed by atoms with van der Waals surface area (Å²) in [6.45, 7) is 3.18. The maximum Gasteiger partial charge on any atom is 0.226 e. The van der Waals surface area contributed by atoms with Gasteiger partial charge in [0.05, 0.1) is 5.00 Å². The smallest absolute Gasteiger partial charge is 0.226 e. The van der Waals surface area contributed by atoms with Crippen LogP contribution in [0.2, 0.25) is 0 Å². The minimum atomic E-state index is 0. The molecule has 3 rings (SSSR count). The normalized spacial score (nSPS) is 21.3. The Morgan fingerprint density at radius 2 is 2.19 bits per heavy atom. The second-order valence-electron chi connectivity index (χ2n) is 5.64. The Morgan fingerprint density at radius 1 is 1.38 bits per heavy atom. The molecular weight excluding hydrogens is 324 g/mol. The van der Waals surface area contributed by atoms with Gasteiger partial charge in [-0.05, 0) is 43.7 Å². The summed E-state index contributed by atoms with van der Waals surface area (Å²) >= 11 is 3.73. The van der Waals surface area contributed by atoms with Gasteiger partial charge in [0.1, 0.15) is 0 Å². The topological polar surface area (TPSA) is 41.1 Å². The molecule has 1 fully saturated rings. The first kappa shape index (κ1) is 17.1. The molecule has 1 saturated heterocycles. The quantitative estimate of drug-likeness (QED) is 0.881.